The quantitative estimate of drug-likeness (QED) is 0.700. The third-order valence-electron chi connectivity index (χ3n) is 3.64. The van der Waals surface area contributed by atoms with Gasteiger partial charge in [0.25, 0.3) is 5.91 Å². The first-order valence-corrected chi connectivity index (χ1v) is 7.66. The zero-order valence-electron chi connectivity index (χ0n) is 13.9. The van der Waals surface area contributed by atoms with E-state index in [1.54, 1.807) is 7.11 Å². The van der Waals surface area contributed by atoms with Crippen LogP contribution in [0.1, 0.15) is 21.7 Å². The number of aryl methyl sites for hydroxylation is 2. The molecule has 0 aliphatic carbocycles. The van der Waals surface area contributed by atoms with Gasteiger partial charge in [-0.1, -0.05) is 6.07 Å². The number of H-pyrrole nitrogens is 1. The summed E-state index contributed by atoms with van der Waals surface area (Å²) in [6.45, 7) is 4.73. The molecular weight excluding hydrogens is 306 g/mol. The van der Waals surface area contributed by atoms with Crippen molar-refractivity contribution in [2.24, 2.45) is 0 Å². The first kappa shape index (κ1) is 16.1. The highest BCUT2D eigenvalue weighted by molar-refractivity contribution is 5.92. The van der Waals surface area contributed by atoms with E-state index in [-0.39, 0.29) is 11.6 Å². The summed E-state index contributed by atoms with van der Waals surface area (Å²) in [7, 11) is 1.58. The van der Waals surface area contributed by atoms with Gasteiger partial charge >= 0.3 is 0 Å². The van der Waals surface area contributed by atoms with Gasteiger partial charge in [0.15, 0.2) is 5.82 Å². The predicted molar refractivity (Wildman–Crippen MR) is 90.8 cm³/mol. The van der Waals surface area contributed by atoms with Crippen LogP contribution in [0, 0.1) is 13.8 Å². The number of rotatable bonds is 5. The largest absolute Gasteiger partial charge is 0.383 e. The Labute approximate surface area is 139 Å². The molecule has 7 heteroatoms. The van der Waals surface area contributed by atoms with Gasteiger partial charge in [-0.3, -0.25) is 9.78 Å². The summed E-state index contributed by atoms with van der Waals surface area (Å²) in [5, 5.41) is 2.74. The highest BCUT2D eigenvalue weighted by atomic mass is 16.5. The van der Waals surface area contributed by atoms with E-state index >= 15 is 0 Å². The van der Waals surface area contributed by atoms with Gasteiger partial charge in [-0.25, -0.2) is 9.97 Å². The van der Waals surface area contributed by atoms with E-state index < -0.39 is 0 Å². The van der Waals surface area contributed by atoms with Crippen molar-refractivity contribution in [3.63, 3.8) is 0 Å². The second kappa shape index (κ2) is 6.76. The molecule has 0 aliphatic heterocycles. The lowest BCUT2D eigenvalue weighted by Crippen LogP contribution is -2.28. The van der Waals surface area contributed by atoms with Crippen molar-refractivity contribution >= 4 is 16.9 Å². The number of methoxy groups -OCH3 is 1. The van der Waals surface area contributed by atoms with E-state index in [9.17, 15) is 4.79 Å². The molecule has 0 fully saturated rings. The average Bonchev–Trinajstić information content (AvgIpc) is 2.98. The number of carbonyl (C=O) groups excluding carboxylic acids is 1. The van der Waals surface area contributed by atoms with Crippen LogP contribution in [-0.2, 0) is 4.74 Å². The molecule has 1 aromatic carbocycles. The molecule has 0 aliphatic rings. The van der Waals surface area contributed by atoms with Gasteiger partial charge in [0.1, 0.15) is 11.4 Å². The Morgan fingerprint density at radius 2 is 2.12 bits per heavy atom. The van der Waals surface area contributed by atoms with Gasteiger partial charge in [-0.05, 0) is 31.5 Å². The maximum atomic E-state index is 12.1. The molecule has 2 aromatic heterocycles. The van der Waals surface area contributed by atoms with Gasteiger partial charge in [0.2, 0.25) is 0 Å². The number of aromatic nitrogens is 4. The highest BCUT2D eigenvalue weighted by Crippen LogP contribution is 2.21. The molecule has 0 atom stereocenters. The molecule has 7 nitrogen and oxygen atoms in total. The zero-order valence-corrected chi connectivity index (χ0v) is 13.9. The second-order valence-electron chi connectivity index (χ2n) is 5.54. The van der Waals surface area contributed by atoms with Crippen molar-refractivity contribution in [2.45, 2.75) is 13.8 Å². The van der Waals surface area contributed by atoms with Crippen LogP contribution >= 0.6 is 0 Å². The third-order valence-corrected chi connectivity index (χ3v) is 3.64. The topological polar surface area (TPSA) is 92.8 Å². The summed E-state index contributed by atoms with van der Waals surface area (Å²) in [5.74, 6) is 0.319. The maximum Gasteiger partial charge on any atom is 0.271 e. The van der Waals surface area contributed by atoms with E-state index in [4.69, 9.17) is 4.74 Å². The van der Waals surface area contributed by atoms with E-state index in [1.807, 2.05) is 32.0 Å². The number of carbonyl (C=O) groups is 1. The van der Waals surface area contributed by atoms with Gasteiger partial charge in [-0.2, -0.15) is 0 Å². The molecule has 0 bridgehead atoms. The van der Waals surface area contributed by atoms with E-state index in [0.29, 0.717) is 30.4 Å². The Morgan fingerprint density at radius 1 is 1.29 bits per heavy atom. The fourth-order valence-electron chi connectivity index (χ4n) is 2.38. The van der Waals surface area contributed by atoms with E-state index in [2.05, 4.69) is 25.3 Å². The summed E-state index contributed by atoms with van der Waals surface area (Å²) in [6, 6.07) is 5.98. The number of fused-ring (bicyclic) bond motifs is 1. The molecule has 3 rings (SSSR count). The fraction of sp³-hybridized carbons (Fsp3) is 0.294. The summed E-state index contributed by atoms with van der Waals surface area (Å²) in [6.07, 6.45) is 1.47. The van der Waals surface area contributed by atoms with Crippen LogP contribution in [0.25, 0.3) is 22.6 Å². The monoisotopic (exact) mass is 325 g/mol. The summed E-state index contributed by atoms with van der Waals surface area (Å²) < 4.78 is 4.92. The molecule has 0 spiro atoms. The molecule has 1 amide bonds. The molecule has 0 radical (unpaired) electrons. The molecule has 0 saturated heterocycles. The van der Waals surface area contributed by atoms with Crippen LogP contribution < -0.4 is 5.32 Å². The van der Waals surface area contributed by atoms with Crippen LogP contribution in [-0.4, -0.2) is 46.1 Å². The van der Waals surface area contributed by atoms with Gasteiger partial charge in [0, 0.05) is 13.7 Å². The number of ether oxygens (including phenoxy) is 1. The molecule has 124 valence electrons. The van der Waals surface area contributed by atoms with E-state index in [0.717, 1.165) is 16.6 Å². The maximum absolute atomic E-state index is 12.1. The Kier molecular flexibility index (Phi) is 4.52. The number of benzene rings is 1. The first-order valence-electron chi connectivity index (χ1n) is 7.66. The van der Waals surface area contributed by atoms with Crippen LogP contribution in [0.4, 0.5) is 0 Å². The minimum atomic E-state index is -0.284. The number of nitrogens with zero attached hydrogens (tertiary/aromatic N) is 3. The lowest BCUT2D eigenvalue weighted by atomic mass is 10.2. The number of amides is 1. The van der Waals surface area contributed by atoms with Crippen LogP contribution in [0.3, 0.4) is 0 Å². The first-order chi connectivity index (χ1) is 11.6. The lowest BCUT2D eigenvalue weighted by Gasteiger charge is -2.06. The zero-order chi connectivity index (χ0) is 17.1. The minimum absolute atomic E-state index is 0.253. The lowest BCUT2D eigenvalue weighted by molar-refractivity contribution is 0.0932. The number of nitrogens with one attached hydrogen (secondary N) is 2. The Morgan fingerprint density at radius 3 is 2.92 bits per heavy atom. The molecule has 0 unspecified atom stereocenters. The normalized spacial score (nSPS) is 11.0. The molecule has 2 N–H and O–H groups in total. The second-order valence-corrected chi connectivity index (χ2v) is 5.54. The standard InChI is InChI=1S/C17H19N5O2/c1-10-4-5-12-13(8-10)22-16(21-12)15-11(2)19-9-14(20-15)17(23)18-6-7-24-3/h4-5,8-9H,6-7H2,1-3H3,(H,18,23)(H,21,22). The smallest absolute Gasteiger partial charge is 0.271 e. The van der Waals surface area contributed by atoms with Crippen molar-refractivity contribution in [2.75, 3.05) is 20.3 Å². The Balaban J connectivity index is 1.94. The number of imidazole rings is 1. The van der Waals surface area contributed by atoms with Crippen molar-refractivity contribution < 1.29 is 9.53 Å². The fourth-order valence-corrected chi connectivity index (χ4v) is 2.38. The Bertz CT molecular complexity index is 888. The van der Waals surface area contributed by atoms with Crippen LogP contribution in [0.5, 0.6) is 0 Å². The predicted octanol–water partition coefficient (Wildman–Crippen LogP) is 2.01. The summed E-state index contributed by atoms with van der Waals surface area (Å²) >= 11 is 0. The van der Waals surface area contributed by atoms with Crippen molar-refractivity contribution in [1.82, 2.24) is 25.3 Å². The van der Waals surface area contributed by atoms with Crippen LogP contribution in [0.15, 0.2) is 24.4 Å². The molecule has 0 saturated carbocycles. The van der Waals surface area contributed by atoms with Crippen molar-refractivity contribution in [3.8, 4) is 11.5 Å². The van der Waals surface area contributed by atoms with E-state index in [1.165, 1.54) is 6.20 Å². The summed E-state index contributed by atoms with van der Waals surface area (Å²) in [4.78, 5) is 28.6. The van der Waals surface area contributed by atoms with Crippen molar-refractivity contribution in [1.29, 1.82) is 0 Å². The average molecular weight is 325 g/mol. The molecule has 3 aromatic rings. The number of hydrogen-bond donors (Lipinski definition) is 2. The molecular formula is C17H19N5O2. The van der Waals surface area contributed by atoms with Crippen LogP contribution in [0.2, 0.25) is 0 Å². The minimum Gasteiger partial charge on any atom is -0.383 e. The number of hydrogen-bond acceptors (Lipinski definition) is 5. The third kappa shape index (κ3) is 3.26. The highest BCUT2D eigenvalue weighted by Gasteiger charge is 2.15. The summed E-state index contributed by atoms with van der Waals surface area (Å²) in [5.41, 5.74) is 4.46. The van der Waals surface area contributed by atoms with Gasteiger partial charge in [-0.15, -0.1) is 0 Å². The number of aromatic amines is 1. The SMILES string of the molecule is COCCNC(=O)c1cnc(C)c(-c2nc3ccc(C)cc3[nH]2)n1. The molecule has 2 heterocycles. The Hall–Kier alpha value is -2.80. The molecule has 24 heavy (non-hydrogen) atoms. The van der Waals surface area contributed by atoms with Gasteiger partial charge in [0.05, 0.1) is 29.5 Å². The van der Waals surface area contributed by atoms with Gasteiger partial charge < -0.3 is 15.0 Å². The van der Waals surface area contributed by atoms with Crippen molar-refractivity contribution in [3.05, 3.63) is 41.3 Å².